The number of halogens is 3. The molecule has 0 aromatic heterocycles. The summed E-state index contributed by atoms with van der Waals surface area (Å²) >= 11 is 0. The highest BCUT2D eigenvalue weighted by Gasteiger charge is 2.18. The van der Waals surface area contributed by atoms with E-state index < -0.39 is 41.1 Å². The van der Waals surface area contributed by atoms with Gasteiger partial charge >= 0.3 is 11.8 Å². The molecule has 0 spiro atoms. The molecule has 0 radical (unpaired) electrons. The monoisotopic (exact) mass is 318 g/mol. The fourth-order valence-electron chi connectivity index (χ4n) is 1.81. The van der Waals surface area contributed by atoms with Crippen molar-refractivity contribution in [3.8, 4) is 0 Å². The summed E-state index contributed by atoms with van der Waals surface area (Å²) in [5.74, 6) is -6.25. The van der Waals surface area contributed by atoms with Gasteiger partial charge in [-0.15, -0.1) is 0 Å². The number of nitrogens with one attached hydrogen (secondary N) is 2. The Bertz CT molecular complexity index is 565. The largest absolute Gasteiger partial charge is 0.393 e. The van der Waals surface area contributed by atoms with Gasteiger partial charge in [0.05, 0.1) is 11.8 Å². The van der Waals surface area contributed by atoms with Gasteiger partial charge < -0.3 is 15.7 Å². The second-order valence-corrected chi connectivity index (χ2v) is 5.10. The molecule has 22 heavy (non-hydrogen) atoms. The highest BCUT2D eigenvalue weighted by atomic mass is 19.2. The number of aliphatic hydroxyl groups is 1. The molecule has 0 aliphatic rings. The average molecular weight is 318 g/mol. The predicted octanol–water partition coefficient (Wildman–Crippen LogP) is 1.57. The van der Waals surface area contributed by atoms with Crippen molar-refractivity contribution in [1.29, 1.82) is 0 Å². The zero-order valence-electron chi connectivity index (χ0n) is 12.1. The Labute approximate surface area is 125 Å². The minimum atomic E-state index is -1.40. The Kier molecular flexibility index (Phi) is 6.36. The van der Waals surface area contributed by atoms with E-state index in [1.54, 1.807) is 13.8 Å². The van der Waals surface area contributed by atoms with Gasteiger partial charge in [0.1, 0.15) is 5.82 Å². The molecule has 1 rings (SSSR count). The van der Waals surface area contributed by atoms with Gasteiger partial charge in [0.25, 0.3) is 0 Å². The molecule has 1 aromatic rings. The van der Waals surface area contributed by atoms with Crippen molar-refractivity contribution in [3.05, 3.63) is 29.6 Å². The number of hydrogen-bond acceptors (Lipinski definition) is 3. The first kappa shape index (κ1) is 18.0. The summed E-state index contributed by atoms with van der Waals surface area (Å²) in [4.78, 5) is 23.1. The van der Waals surface area contributed by atoms with Crippen LogP contribution in [0.25, 0.3) is 0 Å². The van der Waals surface area contributed by atoms with Crippen molar-refractivity contribution in [2.24, 2.45) is 5.92 Å². The smallest absolute Gasteiger partial charge is 0.313 e. The Morgan fingerprint density at radius 3 is 2.27 bits per heavy atom. The van der Waals surface area contributed by atoms with Crippen molar-refractivity contribution in [1.82, 2.24) is 5.32 Å². The fraction of sp³-hybridized carbons (Fsp3) is 0.429. The van der Waals surface area contributed by atoms with Gasteiger partial charge in [-0.05, 0) is 19.3 Å². The summed E-state index contributed by atoms with van der Waals surface area (Å²) in [6.45, 7) is 3.49. The van der Waals surface area contributed by atoms with Gasteiger partial charge in [-0.3, -0.25) is 9.59 Å². The predicted molar refractivity (Wildman–Crippen MR) is 73.4 cm³/mol. The summed E-state index contributed by atoms with van der Waals surface area (Å²) < 4.78 is 39.0. The van der Waals surface area contributed by atoms with Crippen LogP contribution in [0.2, 0.25) is 0 Å². The third-order valence-electron chi connectivity index (χ3n) is 2.82. The summed E-state index contributed by atoms with van der Waals surface area (Å²) in [5.41, 5.74) is -0.629. The molecule has 1 aromatic carbocycles. The Balaban J connectivity index is 2.58. The second-order valence-electron chi connectivity index (χ2n) is 5.10. The molecule has 8 heteroatoms. The maximum atomic E-state index is 13.3. The number of aliphatic hydroxyl groups excluding tert-OH is 1. The van der Waals surface area contributed by atoms with Crippen molar-refractivity contribution >= 4 is 17.5 Å². The van der Waals surface area contributed by atoms with E-state index in [-0.39, 0.29) is 18.5 Å². The van der Waals surface area contributed by atoms with Gasteiger partial charge in [-0.1, -0.05) is 6.92 Å². The molecule has 2 amide bonds. The van der Waals surface area contributed by atoms with Crippen LogP contribution in [0.1, 0.15) is 20.3 Å². The number of benzene rings is 1. The normalized spacial score (nSPS) is 13.4. The zero-order chi connectivity index (χ0) is 16.9. The molecular weight excluding hydrogens is 301 g/mol. The lowest BCUT2D eigenvalue weighted by Crippen LogP contribution is -2.38. The molecular formula is C14H17F3N2O3. The molecule has 2 unspecified atom stereocenters. The molecule has 0 saturated carbocycles. The second kappa shape index (κ2) is 7.79. The molecule has 0 fully saturated rings. The van der Waals surface area contributed by atoms with Crippen LogP contribution in [0.15, 0.2) is 12.1 Å². The van der Waals surface area contributed by atoms with Crippen molar-refractivity contribution in [2.45, 2.75) is 26.4 Å². The van der Waals surface area contributed by atoms with Gasteiger partial charge in [0.2, 0.25) is 0 Å². The van der Waals surface area contributed by atoms with E-state index in [2.05, 4.69) is 5.32 Å². The lowest BCUT2D eigenvalue weighted by atomic mass is 10.0. The third-order valence-corrected chi connectivity index (χ3v) is 2.82. The average Bonchev–Trinajstić information content (AvgIpc) is 2.41. The van der Waals surface area contributed by atoms with E-state index >= 15 is 0 Å². The minimum absolute atomic E-state index is 0.0725. The van der Waals surface area contributed by atoms with Gasteiger partial charge in [-0.2, -0.15) is 0 Å². The van der Waals surface area contributed by atoms with E-state index in [9.17, 15) is 27.9 Å². The van der Waals surface area contributed by atoms with E-state index in [1.807, 2.05) is 5.32 Å². The fourth-order valence-corrected chi connectivity index (χ4v) is 1.81. The number of rotatable bonds is 5. The topological polar surface area (TPSA) is 78.4 Å². The van der Waals surface area contributed by atoms with E-state index in [1.165, 1.54) is 0 Å². The quantitative estimate of drug-likeness (QED) is 0.569. The summed E-state index contributed by atoms with van der Waals surface area (Å²) in [6.07, 6.45) is -0.114. The molecule has 0 heterocycles. The highest BCUT2D eigenvalue weighted by molar-refractivity contribution is 6.39. The molecule has 0 aliphatic heterocycles. The molecule has 3 N–H and O–H groups in total. The first-order chi connectivity index (χ1) is 10.2. The Morgan fingerprint density at radius 1 is 1.09 bits per heavy atom. The van der Waals surface area contributed by atoms with Crippen LogP contribution in [0.4, 0.5) is 18.9 Å². The lowest BCUT2D eigenvalue weighted by Gasteiger charge is -2.14. The van der Waals surface area contributed by atoms with E-state index in [4.69, 9.17) is 0 Å². The molecule has 0 aliphatic carbocycles. The van der Waals surface area contributed by atoms with Crippen LogP contribution in [0.3, 0.4) is 0 Å². The first-order valence-corrected chi connectivity index (χ1v) is 6.62. The number of carbonyl (C=O) groups is 2. The van der Waals surface area contributed by atoms with Crippen LogP contribution < -0.4 is 10.6 Å². The number of amides is 2. The molecule has 2 atom stereocenters. The molecule has 122 valence electrons. The van der Waals surface area contributed by atoms with Crippen LogP contribution in [0, 0.1) is 23.4 Å². The van der Waals surface area contributed by atoms with Crippen LogP contribution in [0.5, 0.6) is 0 Å². The third kappa shape index (κ3) is 5.36. The number of carbonyl (C=O) groups excluding carboxylic acids is 2. The van der Waals surface area contributed by atoms with Gasteiger partial charge in [-0.25, -0.2) is 13.2 Å². The van der Waals surface area contributed by atoms with Crippen LogP contribution in [-0.4, -0.2) is 29.6 Å². The summed E-state index contributed by atoms with van der Waals surface area (Å²) in [6, 6.07) is 0.722. The summed E-state index contributed by atoms with van der Waals surface area (Å²) in [5, 5.41) is 13.3. The Morgan fingerprint density at radius 2 is 1.68 bits per heavy atom. The van der Waals surface area contributed by atoms with Crippen molar-refractivity contribution in [2.75, 3.05) is 11.9 Å². The SMILES string of the molecule is CC(O)CC(C)CNC(=O)C(=O)Nc1cc(F)c(F)cc1F. The molecule has 5 nitrogen and oxygen atoms in total. The van der Waals surface area contributed by atoms with Crippen LogP contribution in [-0.2, 0) is 9.59 Å². The van der Waals surface area contributed by atoms with Gasteiger partial charge in [0.15, 0.2) is 11.6 Å². The lowest BCUT2D eigenvalue weighted by molar-refractivity contribution is -0.136. The maximum absolute atomic E-state index is 13.3. The highest BCUT2D eigenvalue weighted by Crippen LogP contribution is 2.18. The van der Waals surface area contributed by atoms with Gasteiger partial charge in [0, 0.05) is 18.7 Å². The summed E-state index contributed by atoms with van der Waals surface area (Å²) in [7, 11) is 0. The molecule has 0 saturated heterocycles. The van der Waals surface area contributed by atoms with Crippen LogP contribution >= 0.6 is 0 Å². The zero-order valence-corrected chi connectivity index (χ0v) is 12.1. The molecule has 0 bridgehead atoms. The van der Waals surface area contributed by atoms with Crippen molar-refractivity contribution in [3.63, 3.8) is 0 Å². The first-order valence-electron chi connectivity index (χ1n) is 6.62. The number of hydrogen-bond donors (Lipinski definition) is 3. The van der Waals surface area contributed by atoms with Crippen molar-refractivity contribution < 1.29 is 27.9 Å². The Hall–Kier alpha value is -2.09. The maximum Gasteiger partial charge on any atom is 0.313 e. The minimum Gasteiger partial charge on any atom is -0.393 e. The van der Waals surface area contributed by atoms with E-state index in [0.717, 1.165) is 0 Å². The number of anilines is 1. The van der Waals surface area contributed by atoms with E-state index in [0.29, 0.717) is 12.5 Å². The standard InChI is InChI=1S/C14H17F3N2O3/c1-7(3-8(2)20)6-18-13(21)14(22)19-12-5-10(16)9(15)4-11(12)17/h4-5,7-8,20H,3,6H2,1-2H3,(H,18,21)(H,19,22).